The zero-order valence-corrected chi connectivity index (χ0v) is 13.0. The molecule has 1 saturated carbocycles. The number of hydrogen-bond donors (Lipinski definition) is 1. The molecule has 1 N–H and O–H groups in total. The first-order chi connectivity index (χ1) is 10.0. The highest BCUT2D eigenvalue weighted by atomic mass is 16.2. The van der Waals surface area contributed by atoms with Crippen LogP contribution in [0.25, 0.3) is 10.9 Å². The molecule has 1 aromatic heterocycles. The Morgan fingerprint density at radius 2 is 2.00 bits per heavy atom. The van der Waals surface area contributed by atoms with E-state index in [1.165, 1.54) is 19.3 Å². The minimum atomic E-state index is 0.105. The third-order valence-electron chi connectivity index (χ3n) is 4.94. The third-order valence-corrected chi connectivity index (χ3v) is 4.94. The van der Waals surface area contributed by atoms with Gasteiger partial charge in [0.05, 0.1) is 0 Å². The van der Waals surface area contributed by atoms with Gasteiger partial charge in [-0.2, -0.15) is 0 Å². The maximum absolute atomic E-state index is 12.8. The standard InChI is InChI=1S/C17H23N3O/c1-19(2)17(9-5-10-17)12-20(3)16(21)14-6-4-7-15-13(14)8-11-18-15/h4,6-8,11,18H,5,9-10,12H2,1-3H3. The summed E-state index contributed by atoms with van der Waals surface area (Å²) in [5, 5.41) is 1.00. The monoisotopic (exact) mass is 285 g/mol. The van der Waals surface area contributed by atoms with E-state index in [4.69, 9.17) is 0 Å². The lowest BCUT2D eigenvalue weighted by Crippen LogP contribution is -2.57. The maximum Gasteiger partial charge on any atom is 0.254 e. The summed E-state index contributed by atoms with van der Waals surface area (Å²) in [5.74, 6) is 0.105. The molecule has 0 unspecified atom stereocenters. The predicted octanol–water partition coefficient (Wildman–Crippen LogP) is 2.72. The lowest BCUT2D eigenvalue weighted by atomic mass is 9.75. The lowest BCUT2D eigenvalue weighted by molar-refractivity contribution is 0.0253. The average molecular weight is 285 g/mol. The molecule has 1 fully saturated rings. The quantitative estimate of drug-likeness (QED) is 0.938. The number of carbonyl (C=O) groups excluding carboxylic acids is 1. The van der Waals surface area contributed by atoms with Crippen molar-refractivity contribution in [1.29, 1.82) is 0 Å². The highest BCUT2D eigenvalue weighted by Gasteiger charge is 2.40. The fraction of sp³-hybridized carbons (Fsp3) is 0.471. The normalized spacial score (nSPS) is 17.0. The topological polar surface area (TPSA) is 39.3 Å². The first-order valence-corrected chi connectivity index (χ1v) is 7.52. The second kappa shape index (κ2) is 5.19. The van der Waals surface area contributed by atoms with E-state index in [-0.39, 0.29) is 11.4 Å². The summed E-state index contributed by atoms with van der Waals surface area (Å²) < 4.78 is 0. The van der Waals surface area contributed by atoms with Gasteiger partial charge in [-0.25, -0.2) is 0 Å². The molecule has 112 valence electrons. The summed E-state index contributed by atoms with van der Waals surface area (Å²) in [4.78, 5) is 20.1. The van der Waals surface area contributed by atoms with Crippen LogP contribution < -0.4 is 0 Å². The Bertz CT molecular complexity index is 655. The van der Waals surface area contributed by atoms with E-state index in [9.17, 15) is 4.79 Å². The highest BCUT2D eigenvalue weighted by Crippen LogP contribution is 2.37. The van der Waals surface area contributed by atoms with Crippen molar-refractivity contribution in [3.8, 4) is 0 Å². The van der Waals surface area contributed by atoms with Gasteiger partial charge < -0.3 is 14.8 Å². The summed E-state index contributed by atoms with van der Waals surface area (Å²) in [6.07, 6.45) is 5.49. The van der Waals surface area contributed by atoms with E-state index in [0.29, 0.717) is 0 Å². The summed E-state index contributed by atoms with van der Waals surface area (Å²) in [6, 6.07) is 7.82. The largest absolute Gasteiger partial charge is 0.361 e. The van der Waals surface area contributed by atoms with Gasteiger partial charge in [0.25, 0.3) is 5.91 Å². The number of fused-ring (bicyclic) bond motifs is 1. The van der Waals surface area contributed by atoms with Crippen molar-refractivity contribution < 1.29 is 4.79 Å². The minimum absolute atomic E-state index is 0.105. The van der Waals surface area contributed by atoms with E-state index < -0.39 is 0 Å². The molecule has 1 aliphatic carbocycles. The van der Waals surface area contributed by atoms with Crippen LogP contribution in [0.5, 0.6) is 0 Å². The molecule has 1 aromatic carbocycles. The van der Waals surface area contributed by atoms with Crippen LogP contribution in [0.1, 0.15) is 29.6 Å². The van der Waals surface area contributed by atoms with Crippen molar-refractivity contribution >= 4 is 16.8 Å². The van der Waals surface area contributed by atoms with Gasteiger partial charge >= 0.3 is 0 Å². The van der Waals surface area contributed by atoms with Gasteiger partial charge in [-0.3, -0.25) is 4.79 Å². The minimum Gasteiger partial charge on any atom is -0.361 e. The number of aromatic amines is 1. The summed E-state index contributed by atoms with van der Waals surface area (Å²) in [5.41, 5.74) is 1.96. The number of aromatic nitrogens is 1. The molecule has 4 nitrogen and oxygen atoms in total. The Morgan fingerprint density at radius 3 is 2.62 bits per heavy atom. The van der Waals surface area contributed by atoms with Crippen molar-refractivity contribution in [2.75, 3.05) is 27.7 Å². The van der Waals surface area contributed by atoms with Crippen molar-refractivity contribution in [3.63, 3.8) is 0 Å². The van der Waals surface area contributed by atoms with Gasteiger partial charge in [0.15, 0.2) is 0 Å². The first-order valence-electron chi connectivity index (χ1n) is 7.52. The number of likely N-dealkylation sites (N-methyl/N-ethyl adjacent to an activating group) is 2. The molecule has 0 saturated heterocycles. The van der Waals surface area contributed by atoms with E-state index >= 15 is 0 Å². The Labute approximate surface area is 125 Å². The zero-order chi connectivity index (χ0) is 15.0. The Hall–Kier alpha value is -1.81. The molecule has 3 rings (SSSR count). The van der Waals surface area contributed by atoms with Crippen LogP contribution in [-0.4, -0.2) is 53.9 Å². The predicted molar refractivity (Wildman–Crippen MR) is 85.5 cm³/mol. The van der Waals surface area contributed by atoms with Crippen molar-refractivity contribution in [3.05, 3.63) is 36.0 Å². The molecule has 2 aromatic rings. The number of hydrogen-bond acceptors (Lipinski definition) is 2. The summed E-state index contributed by atoms with van der Waals surface area (Å²) in [7, 11) is 6.14. The summed E-state index contributed by atoms with van der Waals surface area (Å²) in [6.45, 7) is 0.791. The zero-order valence-electron chi connectivity index (χ0n) is 13.0. The number of nitrogens with one attached hydrogen (secondary N) is 1. The second-order valence-corrected chi connectivity index (χ2v) is 6.38. The maximum atomic E-state index is 12.8. The fourth-order valence-corrected chi connectivity index (χ4v) is 3.32. The Morgan fingerprint density at radius 1 is 1.24 bits per heavy atom. The van der Waals surface area contributed by atoms with Gasteiger partial charge in [0, 0.05) is 41.8 Å². The van der Waals surface area contributed by atoms with Crippen LogP contribution >= 0.6 is 0 Å². The van der Waals surface area contributed by atoms with Gasteiger partial charge in [-0.1, -0.05) is 6.07 Å². The molecule has 0 atom stereocenters. The van der Waals surface area contributed by atoms with Crippen molar-refractivity contribution in [2.45, 2.75) is 24.8 Å². The molecule has 1 aliphatic rings. The van der Waals surface area contributed by atoms with Gasteiger partial charge in [0.2, 0.25) is 0 Å². The molecule has 4 heteroatoms. The molecule has 0 aliphatic heterocycles. The van der Waals surface area contributed by atoms with Crippen molar-refractivity contribution in [2.24, 2.45) is 0 Å². The molecule has 0 radical (unpaired) electrons. The smallest absolute Gasteiger partial charge is 0.254 e. The molecule has 1 heterocycles. The van der Waals surface area contributed by atoms with Crippen LogP contribution in [-0.2, 0) is 0 Å². The van der Waals surface area contributed by atoms with E-state index in [1.807, 2.05) is 42.4 Å². The van der Waals surface area contributed by atoms with Crippen LogP contribution in [0.15, 0.2) is 30.5 Å². The number of nitrogens with zero attached hydrogens (tertiary/aromatic N) is 2. The number of benzene rings is 1. The van der Waals surface area contributed by atoms with Crippen LogP contribution in [0.3, 0.4) is 0 Å². The molecular formula is C17H23N3O. The molecular weight excluding hydrogens is 262 g/mol. The highest BCUT2D eigenvalue weighted by molar-refractivity contribution is 6.06. The van der Waals surface area contributed by atoms with Gasteiger partial charge in [-0.15, -0.1) is 0 Å². The fourth-order valence-electron chi connectivity index (χ4n) is 3.32. The SMILES string of the molecule is CN(CC1(N(C)C)CCC1)C(=O)c1cccc2[nH]ccc12. The Balaban J connectivity index is 1.83. The van der Waals surface area contributed by atoms with E-state index in [1.54, 1.807) is 0 Å². The van der Waals surface area contributed by atoms with E-state index in [2.05, 4.69) is 24.0 Å². The van der Waals surface area contributed by atoms with Crippen LogP contribution in [0.2, 0.25) is 0 Å². The molecule has 21 heavy (non-hydrogen) atoms. The number of rotatable bonds is 4. The number of H-pyrrole nitrogens is 1. The molecule has 0 bridgehead atoms. The van der Waals surface area contributed by atoms with Gasteiger partial charge in [-0.05, 0) is 51.6 Å². The third kappa shape index (κ3) is 2.33. The van der Waals surface area contributed by atoms with Gasteiger partial charge in [0.1, 0.15) is 0 Å². The average Bonchev–Trinajstić information content (AvgIpc) is 2.89. The van der Waals surface area contributed by atoms with E-state index in [0.717, 1.165) is 23.0 Å². The molecule has 1 amide bonds. The van der Waals surface area contributed by atoms with Crippen molar-refractivity contribution in [1.82, 2.24) is 14.8 Å². The first kappa shape index (κ1) is 14.1. The Kier molecular flexibility index (Phi) is 3.49. The lowest BCUT2D eigenvalue weighted by Gasteiger charge is -2.49. The number of carbonyl (C=O) groups is 1. The summed E-state index contributed by atoms with van der Waals surface area (Å²) >= 11 is 0. The second-order valence-electron chi connectivity index (χ2n) is 6.38. The van der Waals surface area contributed by atoms with Crippen LogP contribution in [0.4, 0.5) is 0 Å². The molecule has 0 spiro atoms. The number of amides is 1. The van der Waals surface area contributed by atoms with Crippen LogP contribution in [0, 0.1) is 0 Å².